The van der Waals surface area contributed by atoms with E-state index in [1.807, 2.05) is 0 Å². The number of carbonyl (C=O) groups excluding carboxylic acids is 1. The molecule has 4 nitrogen and oxygen atoms in total. The van der Waals surface area contributed by atoms with Gasteiger partial charge in [-0.15, -0.1) is 12.4 Å². The number of morpholine rings is 1. The van der Waals surface area contributed by atoms with Crippen molar-refractivity contribution in [1.29, 1.82) is 0 Å². The molecule has 0 spiro atoms. The van der Waals surface area contributed by atoms with E-state index in [0.29, 0.717) is 13.2 Å². The van der Waals surface area contributed by atoms with E-state index >= 15 is 0 Å². The molecule has 1 saturated heterocycles. The lowest BCUT2D eigenvalue weighted by atomic mass is 10.1. The van der Waals surface area contributed by atoms with Crippen LogP contribution in [0.5, 0.6) is 0 Å². The minimum Gasteiger partial charge on any atom is -0.366 e. The molecule has 0 aromatic carbocycles. The summed E-state index contributed by atoms with van der Waals surface area (Å²) in [5.41, 5.74) is 0. The normalized spacial score (nSPS) is 26.7. The predicted octanol–water partition coefficient (Wildman–Crippen LogP) is 0.701. The average molecular weight is 249 g/mol. The number of ether oxygens (including phenoxy) is 1. The highest BCUT2D eigenvalue weighted by Gasteiger charge is 2.27. The van der Waals surface area contributed by atoms with Gasteiger partial charge in [0.15, 0.2) is 0 Å². The topological polar surface area (TPSA) is 50.4 Å². The number of rotatable bonds is 4. The van der Waals surface area contributed by atoms with Gasteiger partial charge < -0.3 is 15.4 Å². The molecule has 1 amide bonds. The molecule has 0 aromatic rings. The first kappa shape index (κ1) is 13.7. The van der Waals surface area contributed by atoms with Crippen LogP contribution in [0, 0.1) is 5.92 Å². The summed E-state index contributed by atoms with van der Waals surface area (Å²) in [5, 5.41) is 6.17. The molecule has 2 atom stereocenters. The molecule has 0 radical (unpaired) electrons. The maximum absolute atomic E-state index is 11.7. The van der Waals surface area contributed by atoms with Gasteiger partial charge in [-0.2, -0.15) is 0 Å². The smallest absolute Gasteiger partial charge is 0.250 e. The lowest BCUT2D eigenvalue weighted by Crippen LogP contribution is -2.49. The molecule has 1 aliphatic carbocycles. The molecule has 1 saturated carbocycles. The second-order valence-corrected chi connectivity index (χ2v) is 4.65. The Morgan fingerprint density at radius 1 is 1.56 bits per heavy atom. The van der Waals surface area contributed by atoms with E-state index in [9.17, 15) is 4.79 Å². The van der Waals surface area contributed by atoms with E-state index in [0.717, 1.165) is 18.9 Å². The lowest BCUT2D eigenvalue weighted by Gasteiger charge is -2.24. The zero-order chi connectivity index (χ0) is 10.7. The Labute approximate surface area is 103 Å². The van der Waals surface area contributed by atoms with Gasteiger partial charge in [-0.25, -0.2) is 0 Å². The van der Waals surface area contributed by atoms with Crippen molar-refractivity contribution in [1.82, 2.24) is 10.6 Å². The third kappa shape index (κ3) is 4.28. The second-order valence-electron chi connectivity index (χ2n) is 4.65. The van der Waals surface area contributed by atoms with E-state index in [1.54, 1.807) is 0 Å². The molecule has 1 heterocycles. The number of nitrogens with one attached hydrogen (secondary N) is 2. The van der Waals surface area contributed by atoms with Crippen molar-refractivity contribution < 1.29 is 9.53 Å². The Morgan fingerprint density at radius 2 is 2.31 bits per heavy atom. The summed E-state index contributed by atoms with van der Waals surface area (Å²) in [4.78, 5) is 11.7. The van der Waals surface area contributed by atoms with Crippen LogP contribution in [0.2, 0.25) is 0 Å². The minimum atomic E-state index is -0.291. The quantitative estimate of drug-likeness (QED) is 0.770. The first-order chi connectivity index (χ1) is 7.25. The molecule has 94 valence electrons. The van der Waals surface area contributed by atoms with E-state index in [4.69, 9.17) is 4.74 Å². The second kappa shape index (κ2) is 6.42. The Kier molecular flexibility index (Phi) is 5.52. The fourth-order valence-corrected chi connectivity index (χ4v) is 1.98. The maximum atomic E-state index is 11.7. The van der Waals surface area contributed by atoms with Crippen molar-refractivity contribution in [3.8, 4) is 0 Å². The molecule has 0 bridgehead atoms. The van der Waals surface area contributed by atoms with Crippen LogP contribution in [-0.2, 0) is 9.53 Å². The number of hydrogen-bond donors (Lipinski definition) is 2. The molecule has 2 fully saturated rings. The first-order valence-corrected chi connectivity index (χ1v) is 5.88. The molecule has 2 rings (SSSR count). The van der Waals surface area contributed by atoms with Gasteiger partial charge in [0.25, 0.3) is 5.91 Å². The molecule has 16 heavy (non-hydrogen) atoms. The van der Waals surface area contributed by atoms with Gasteiger partial charge in [0.1, 0.15) is 6.10 Å². The number of carbonyl (C=O) groups is 1. The summed E-state index contributed by atoms with van der Waals surface area (Å²) in [7, 11) is 0. The standard InChI is InChI=1S/C11H20N2O2.ClH/c1-8(6-9-2-3-9)13-11(14)10-7-12-4-5-15-10;/h8-10,12H,2-7H2,1H3,(H,13,14);1H/t8?,10-;/m0./s1. The molecule has 2 N–H and O–H groups in total. The Hall–Kier alpha value is -0.320. The summed E-state index contributed by atoms with van der Waals surface area (Å²) in [6, 6.07) is 0.288. The summed E-state index contributed by atoms with van der Waals surface area (Å²) in [5.74, 6) is 0.890. The third-order valence-corrected chi connectivity index (χ3v) is 2.99. The predicted molar refractivity (Wildman–Crippen MR) is 64.8 cm³/mol. The van der Waals surface area contributed by atoms with Crippen LogP contribution in [0.25, 0.3) is 0 Å². The van der Waals surface area contributed by atoms with Crippen molar-refractivity contribution in [3.05, 3.63) is 0 Å². The molecular weight excluding hydrogens is 228 g/mol. The Balaban J connectivity index is 0.00000128. The van der Waals surface area contributed by atoms with Crippen LogP contribution in [0.3, 0.4) is 0 Å². The maximum Gasteiger partial charge on any atom is 0.250 e. The van der Waals surface area contributed by atoms with Crippen LogP contribution in [0.15, 0.2) is 0 Å². The van der Waals surface area contributed by atoms with Gasteiger partial charge >= 0.3 is 0 Å². The van der Waals surface area contributed by atoms with Crippen LogP contribution < -0.4 is 10.6 Å². The fourth-order valence-electron chi connectivity index (χ4n) is 1.98. The van der Waals surface area contributed by atoms with Crippen molar-refractivity contribution >= 4 is 18.3 Å². The van der Waals surface area contributed by atoms with Crippen LogP contribution in [-0.4, -0.2) is 37.7 Å². The summed E-state index contributed by atoms with van der Waals surface area (Å²) in [6.45, 7) is 4.20. The SMILES string of the molecule is CC(CC1CC1)NC(=O)[C@@H]1CNCCO1.Cl. The average Bonchev–Trinajstić information content (AvgIpc) is 3.03. The Bertz CT molecular complexity index is 228. The zero-order valence-corrected chi connectivity index (χ0v) is 10.5. The summed E-state index contributed by atoms with van der Waals surface area (Å²) >= 11 is 0. The first-order valence-electron chi connectivity index (χ1n) is 5.88. The monoisotopic (exact) mass is 248 g/mol. The highest BCUT2D eigenvalue weighted by atomic mass is 35.5. The van der Waals surface area contributed by atoms with E-state index in [2.05, 4.69) is 17.6 Å². The number of halogens is 1. The molecule has 2 aliphatic rings. The van der Waals surface area contributed by atoms with Crippen LogP contribution in [0.1, 0.15) is 26.2 Å². The van der Waals surface area contributed by atoms with Crippen molar-refractivity contribution in [2.45, 2.75) is 38.3 Å². The molecule has 5 heteroatoms. The summed E-state index contributed by atoms with van der Waals surface area (Å²) < 4.78 is 5.39. The summed E-state index contributed by atoms with van der Waals surface area (Å²) in [6.07, 6.45) is 3.50. The number of hydrogen-bond acceptors (Lipinski definition) is 3. The van der Waals surface area contributed by atoms with Crippen molar-refractivity contribution in [2.75, 3.05) is 19.7 Å². The van der Waals surface area contributed by atoms with Gasteiger partial charge in [0.2, 0.25) is 0 Å². The molecule has 1 aliphatic heterocycles. The van der Waals surface area contributed by atoms with Crippen LogP contribution >= 0.6 is 12.4 Å². The van der Waals surface area contributed by atoms with Gasteiger partial charge in [-0.1, -0.05) is 12.8 Å². The van der Waals surface area contributed by atoms with Crippen molar-refractivity contribution in [3.63, 3.8) is 0 Å². The molecule has 0 aromatic heterocycles. The fraction of sp³-hybridized carbons (Fsp3) is 0.909. The van der Waals surface area contributed by atoms with Gasteiger partial charge in [0, 0.05) is 19.1 Å². The highest BCUT2D eigenvalue weighted by Crippen LogP contribution is 2.33. The minimum absolute atomic E-state index is 0. The van der Waals surface area contributed by atoms with Crippen LogP contribution in [0.4, 0.5) is 0 Å². The largest absolute Gasteiger partial charge is 0.366 e. The van der Waals surface area contributed by atoms with E-state index in [1.165, 1.54) is 12.8 Å². The lowest BCUT2D eigenvalue weighted by molar-refractivity contribution is -0.134. The van der Waals surface area contributed by atoms with Gasteiger partial charge in [-0.3, -0.25) is 4.79 Å². The third-order valence-electron chi connectivity index (χ3n) is 2.99. The highest BCUT2D eigenvalue weighted by molar-refractivity contribution is 5.85. The Morgan fingerprint density at radius 3 is 2.88 bits per heavy atom. The number of amides is 1. The van der Waals surface area contributed by atoms with E-state index < -0.39 is 0 Å². The van der Waals surface area contributed by atoms with Crippen molar-refractivity contribution in [2.24, 2.45) is 5.92 Å². The molecular formula is C11H21ClN2O2. The van der Waals surface area contributed by atoms with Gasteiger partial charge in [-0.05, 0) is 19.3 Å². The zero-order valence-electron chi connectivity index (χ0n) is 9.70. The van der Waals surface area contributed by atoms with E-state index in [-0.39, 0.29) is 30.5 Å². The van der Waals surface area contributed by atoms with Gasteiger partial charge in [0.05, 0.1) is 6.61 Å². The molecule has 1 unspecified atom stereocenters.